The largest absolute Gasteiger partial charge is 0.417 e. The van der Waals surface area contributed by atoms with Gasteiger partial charge in [-0.1, -0.05) is 0 Å². The number of rotatable bonds is 5. The van der Waals surface area contributed by atoms with E-state index in [0.29, 0.717) is 24.4 Å². The molecule has 29 heavy (non-hydrogen) atoms. The lowest BCUT2D eigenvalue weighted by Gasteiger charge is -2.11. The van der Waals surface area contributed by atoms with E-state index >= 15 is 0 Å². The zero-order valence-electron chi connectivity index (χ0n) is 14.6. The first-order valence-corrected chi connectivity index (χ1v) is 8.40. The summed E-state index contributed by atoms with van der Waals surface area (Å²) in [6.07, 6.45) is -3.69. The molecule has 150 valence electrons. The first-order chi connectivity index (χ1) is 13.8. The molecule has 4 rings (SSSR count). The Kier molecular flexibility index (Phi) is 4.53. The molecule has 0 atom stereocenters. The highest BCUT2D eigenvalue weighted by atomic mass is 19.4. The van der Waals surface area contributed by atoms with Crippen molar-refractivity contribution >= 4 is 28.3 Å². The average molecular weight is 407 g/mol. The lowest BCUT2D eigenvalue weighted by atomic mass is 10.3. The van der Waals surface area contributed by atoms with E-state index in [1.165, 1.54) is 28.7 Å². The zero-order valence-corrected chi connectivity index (χ0v) is 14.6. The first kappa shape index (κ1) is 18.7. The Hall–Kier alpha value is -3.70. The van der Waals surface area contributed by atoms with Gasteiger partial charge in [-0.25, -0.2) is 28.7 Å². The number of anilines is 2. The molecule has 0 radical (unpaired) electrons. The maximum Gasteiger partial charge on any atom is 0.417 e. The maximum absolute atomic E-state index is 13.5. The second-order valence-electron chi connectivity index (χ2n) is 6.06. The number of nitrogens with zero attached hydrogens (tertiary/aromatic N) is 4. The molecular formula is C17H13F4N7O. The van der Waals surface area contributed by atoms with Gasteiger partial charge in [0.15, 0.2) is 5.82 Å². The number of alkyl halides is 3. The summed E-state index contributed by atoms with van der Waals surface area (Å²) in [5.74, 6) is 0.0650. The number of H-pyrrole nitrogens is 1. The number of fused-ring (bicyclic) bond motifs is 3. The standard InChI is InChI=1S/C17H13F4N7O/c18-10-2-3-11-12(7-10)28-15(26-27-16(28)29)14(25-11)23-6-5-22-13-4-1-9(8-24-13)17(19,20)21/h1-4,7-8H,5-6H2,(H,22,24)(H,23,25)(H,27,29). The van der Waals surface area contributed by atoms with Crippen molar-refractivity contribution in [2.75, 3.05) is 23.7 Å². The van der Waals surface area contributed by atoms with Gasteiger partial charge in [-0.15, -0.1) is 5.10 Å². The minimum Gasteiger partial charge on any atom is -0.368 e. The van der Waals surface area contributed by atoms with Crippen LogP contribution in [0.25, 0.3) is 16.7 Å². The fourth-order valence-electron chi connectivity index (χ4n) is 2.78. The van der Waals surface area contributed by atoms with Crippen molar-refractivity contribution in [1.29, 1.82) is 0 Å². The first-order valence-electron chi connectivity index (χ1n) is 8.40. The minimum absolute atomic E-state index is 0.195. The van der Waals surface area contributed by atoms with Crippen LogP contribution in [0.4, 0.5) is 29.2 Å². The number of pyridine rings is 1. The van der Waals surface area contributed by atoms with E-state index in [1.807, 2.05) is 0 Å². The zero-order chi connectivity index (χ0) is 20.6. The quantitative estimate of drug-likeness (QED) is 0.348. The Morgan fingerprint density at radius 3 is 2.62 bits per heavy atom. The molecule has 0 bridgehead atoms. The highest BCUT2D eigenvalue weighted by Crippen LogP contribution is 2.28. The van der Waals surface area contributed by atoms with Gasteiger partial charge < -0.3 is 10.6 Å². The van der Waals surface area contributed by atoms with Crippen molar-refractivity contribution in [1.82, 2.24) is 24.6 Å². The highest BCUT2D eigenvalue weighted by Gasteiger charge is 2.30. The molecule has 0 amide bonds. The van der Waals surface area contributed by atoms with E-state index in [4.69, 9.17) is 0 Å². The van der Waals surface area contributed by atoms with E-state index < -0.39 is 23.2 Å². The van der Waals surface area contributed by atoms with Crippen molar-refractivity contribution in [2.45, 2.75) is 6.18 Å². The van der Waals surface area contributed by atoms with Crippen LogP contribution < -0.4 is 16.3 Å². The summed E-state index contributed by atoms with van der Waals surface area (Å²) in [5.41, 5.74) is -0.503. The number of hydrogen-bond donors (Lipinski definition) is 3. The molecule has 12 heteroatoms. The van der Waals surface area contributed by atoms with Crippen LogP contribution in [0.2, 0.25) is 0 Å². The molecule has 8 nitrogen and oxygen atoms in total. The molecule has 1 aromatic carbocycles. The highest BCUT2D eigenvalue weighted by molar-refractivity contribution is 5.82. The molecule has 0 aliphatic heterocycles. The van der Waals surface area contributed by atoms with E-state index in [0.717, 1.165) is 12.3 Å². The summed E-state index contributed by atoms with van der Waals surface area (Å²) in [7, 11) is 0. The summed E-state index contributed by atoms with van der Waals surface area (Å²) in [4.78, 5) is 20.1. The van der Waals surface area contributed by atoms with Gasteiger partial charge >= 0.3 is 11.9 Å². The lowest BCUT2D eigenvalue weighted by molar-refractivity contribution is -0.137. The Morgan fingerprint density at radius 1 is 1.10 bits per heavy atom. The SMILES string of the molecule is O=c1[nH]nc2c(NCCNc3ccc(C(F)(F)F)cn3)nc3ccc(F)cc3n12. The lowest BCUT2D eigenvalue weighted by Crippen LogP contribution is -2.17. The van der Waals surface area contributed by atoms with Crippen molar-refractivity contribution < 1.29 is 17.6 Å². The van der Waals surface area contributed by atoms with Crippen LogP contribution in [0.1, 0.15) is 5.56 Å². The third kappa shape index (κ3) is 3.68. The minimum atomic E-state index is -4.44. The number of hydrogen-bond acceptors (Lipinski definition) is 6. The van der Waals surface area contributed by atoms with Crippen molar-refractivity contribution in [3.8, 4) is 0 Å². The van der Waals surface area contributed by atoms with E-state index in [9.17, 15) is 22.4 Å². The summed E-state index contributed by atoms with van der Waals surface area (Å²) >= 11 is 0. The molecule has 3 N–H and O–H groups in total. The number of aromatic amines is 1. The van der Waals surface area contributed by atoms with Crippen LogP contribution in [0.15, 0.2) is 41.3 Å². The predicted molar refractivity (Wildman–Crippen MR) is 97.3 cm³/mol. The van der Waals surface area contributed by atoms with Crippen LogP contribution in [-0.2, 0) is 6.18 Å². The van der Waals surface area contributed by atoms with Gasteiger partial charge in [0.1, 0.15) is 11.6 Å². The number of halogens is 4. The van der Waals surface area contributed by atoms with Gasteiger partial charge in [0.25, 0.3) is 0 Å². The van der Waals surface area contributed by atoms with Crippen LogP contribution in [0, 0.1) is 5.82 Å². The van der Waals surface area contributed by atoms with Crippen LogP contribution in [0.3, 0.4) is 0 Å². The third-order valence-corrected chi connectivity index (χ3v) is 4.11. The predicted octanol–water partition coefficient (Wildman–Crippen LogP) is 2.65. The molecule has 0 aliphatic rings. The molecule has 0 saturated carbocycles. The van der Waals surface area contributed by atoms with Gasteiger partial charge in [-0.2, -0.15) is 13.2 Å². The van der Waals surface area contributed by atoms with Gasteiger partial charge in [-0.3, -0.25) is 0 Å². The average Bonchev–Trinajstić information content (AvgIpc) is 3.07. The summed E-state index contributed by atoms with van der Waals surface area (Å²) < 4.78 is 52.4. The van der Waals surface area contributed by atoms with Gasteiger partial charge in [-0.05, 0) is 24.3 Å². The van der Waals surface area contributed by atoms with E-state index in [2.05, 4.69) is 30.8 Å². The fourth-order valence-corrected chi connectivity index (χ4v) is 2.78. The number of nitrogens with one attached hydrogen (secondary N) is 3. The molecular weight excluding hydrogens is 394 g/mol. The number of benzene rings is 1. The number of aromatic nitrogens is 5. The smallest absolute Gasteiger partial charge is 0.368 e. The van der Waals surface area contributed by atoms with E-state index in [-0.39, 0.29) is 17.0 Å². The van der Waals surface area contributed by atoms with Crippen molar-refractivity contribution in [2.24, 2.45) is 0 Å². The third-order valence-electron chi connectivity index (χ3n) is 4.11. The molecule has 3 heterocycles. The Labute approximate surface area is 159 Å². The van der Waals surface area contributed by atoms with Crippen LogP contribution in [-0.4, -0.2) is 37.7 Å². The Morgan fingerprint density at radius 2 is 1.90 bits per heavy atom. The monoisotopic (exact) mass is 407 g/mol. The van der Waals surface area contributed by atoms with E-state index in [1.54, 1.807) is 0 Å². The fraction of sp³-hybridized carbons (Fsp3) is 0.176. The second kappa shape index (κ2) is 7.04. The van der Waals surface area contributed by atoms with Crippen LogP contribution in [0.5, 0.6) is 0 Å². The molecule has 0 unspecified atom stereocenters. The van der Waals surface area contributed by atoms with Crippen molar-refractivity contribution in [3.63, 3.8) is 0 Å². The second-order valence-corrected chi connectivity index (χ2v) is 6.06. The molecule has 4 aromatic rings. The molecule has 0 fully saturated rings. The maximum atomic E-state index is 13.5. The Bertz CT molecular complexity index is 1230. The van der Waals surface area contributed by atoms with Gasteiger partial charge in [0.2, 0.25) is 5.65 Å². The summed E-state index contributed by atoms with van der Waals surface area (Å²) in [6.45, 7) is 0.613. The molecule has 0 saturated heterocycles. The Balaban J connectivity index is 1.48. The van der Waals surface area contributed by atoms with Gasteiger partial charge in [0.05, 0.1) is 16.6 Å². The molecule has 0 aliphatic carbocycles. The normalized spacial score (nSPS) is 11.9. The van der Waals surface area contributed by atoms with Gasteiger partial charge in [0, 0.05) is 25.4 Å². The summed E-state index contributed by atoms with van der Waals surface area (Å²) in [6, 6.07) is 6.03. The summed E-state index contributed by atoms with van der Waals surface area (Å²) in [5, 5.41) is 12.1. The topological polar surface area (TPSA) is 100 Å². The van der Waals surface area contributed by atoms with Crippen molar-refractivity contribution in [3.05, 3.63) is 58.4 Å². The van der Waals surface area contributed by atoms with Crippen LogP contribution >= 0.6 is 0 Å². The molecule has 3 aromatic heterocycles. The molecule has 0 spiro atoms.